The molecule has 9 nitrogen and oxygen atoms in total. The standard InChI is InChI=1S/C17H13N5O4/c1-10(11-5-4-6-12(9-11)22(25)26)18-21-17(24)15-13-7-2-3-8-14(13)16(23)20-19-15/h2-9H,1H3,(H,20,23)(H,21,24)/b18-10-. The van der Waals surface area contributed by atoms with E-state index in [1.165, 1.54) is 18.2 Å². The molecule has 3 rings (SSSR count). The van der Waals surface area contributed by atoms with E-state index in [-0.39, 0.29) is 11.4 Å². The first-order chi connectivity index (χ1) is 12.5. The average molecular weight is 351 g/mol. The van der Waals surface area contributed by atoms with Crippen molar-refractivity contribution in [3.05, 3.63) is 80.3 Å². The average Bonchev–Trinajstić information content (AvgIpc) is 2.66. The van der Waals surface area contributed by atoms with Gasteiger partial charge in [0.25, 0.3) is 17.2 Å². The second-order valence-electron chi connectivity index (χ2n) is 5.39. The number of nitrogens with zero attached hydrogens (tertiary/aromatic N) is 3. The molecular weight excluding hydrogens is 338 g/mol. The van der Waals surface area contributed by atoms with Gasteiger partial charge in [-0.05, 0) is 13.0 Å². The van der Waals surface area contributed by atoms with Crippen molar-refractivity contribution in [3.63, 3.8) is 0 Å². The van der Waals surface area contributed by atoms with E-state index in [2.05, 4.69) is 20.7 Å². The zero-order valence-corrected chi connectivity index (χ0v) is 13.6. The molecule has 26 heavy (non-hydrogen) atoms. The first-order valence-electron chi connectivity index (χ1n) is 7.54. The van der Waals surface area contributed by atoms with Crippen molar-refractivity contribution in [1.82, 2.24) is 15.6 Å². The van der Waals surface area contributed by atoms with Gasteiger partial charge in [0, 0.05) is 23.1 Å². The Balaban J connectivity index is 1.88. The molecule has 0 saturated carbocycles. The first kappa shape index (κ1) is 17.0. The van der Waals surface area contributed by atoms with Gasteiger partial charge in [0.2, 0.25) is 0 Å². The van der Waals surface area contributed by atoms with E-state index in [1.54, 1.807) is 37.3 Å². The number of hydrogen-bond acceptors (Lipinski definition) is 6. The fourth-order valence-corrected chi connectivity index (χ4v) is 2.38. The van der Waals surface area contributed by atoms with Gasteiger partial charge in [0.05, 0.1) is 16.0 Å². The van der Waals surface area contributed by atoms with Crippen LogP contribution >= 0.6 is 0 Å². The molecule has 1 heterocycles. The fraction of sp³-hybridized carbons (Fsp3) is 0.0588. The second kappa shape index (κ2) is 6.93. The number of hydrogen-bond donors (Lipinski definition) is 2. The van der Waals surface area contributed by atoms with Gasteiger partial charge in [-0.15, -0.1) is 0 Å². The fourth-order valence-electron chi connectivity index (χ4n) is 2.38. The maximum atomic E-state index is 12.4. The Hall–Kier alpha value is -3.88. The highest BCUT2D eigenvalue weighted by Gasteiger charge is 2.14. The summed E-state index contributed by atoms with van der Waals surface area (Å²) in [5.74, 6) is -0.609. The lowest BCUT2D eigenvalue weighted by atomic mass is 10.1. The molecular formula is C17H13N5O4. The summed E-state index contributed by atoms with van der Waals surface area (Å²) in [6.07, 6.45) is 0. The van der Waals surface area contributed by atoms with Crippen LogP contribution in [0, 0.1) is 10.1 Å². The first-order valence-corrected chi connectivity index (χ1v) is 7.54. The Morgan fingerprint density at radius 1 is 1.19 bits per heavy atom. The van der Waals surface area contributed by atoms with Crippen LogP contribution < -0.4 is 11.0 Å². The number of carbonyl (C=O) groups excluding carboxylic acids is 1. The number of aromatic amines is 1. The summed E-state index contributed by atoms with van der Waals surface area (Å²) in [4.78, 5) is 34.5. The quantitative estimate of drug-likeness (QED) is 0.422. The van der Waals surface area contributed by atoms with E-state index in [0.717, 1.165) is 0 Å². The summed E-state index contributed by atoms with van der Waals surface area (Å²) < 4.78 is 0. The summed E-state index contributed by atoms with van der Waals surface area (Å²) in [5.41, 5.74) is 2.79. The van der Waals surface area contributed by atoms with Crippen LogP contribution in [0.25, 0.3) is 10.8 Å². The number of nitro benzene ring substituents is 1. The molecule has 9 heteroatoms. The summed E-state index contributed by atoms with van der Waals surface area (Å²) in [6, 6.07) is 12.5. The highest BCUT2D eigenvalue weighted by molar-refractivity contribution is 6.06. The number of rotatable bonds is 4. The van der Waals surface area contributed by atoms with Crippen LogP contribution in [0.2, 0.25) is 0 Å². The van der Waals surface area contributed by atoms with Gasteiger partial charge in [-0.2, -0.15) is 10.2 Å². The molecule has 0 radical (unpaired) electrons. The van der Waals surface area contributed by atoms with Crippen LogP contribution in [0.5, 0.6) is 0 Å². The summed E-state index contributed by atoms with van der Waals surface area (Å²) in [7, 11) is 0. The zero-order chi connectivity index (χ0) is 18.7. The molecule has 2 N–H and O–H groups in total. The minimum Gasteiger partial charge on any atom is -0.267 e. The van der Waals surface area contributed by atoms with Gasteiger partial charge < -0.3 is 0 Å². The van der Waals surface area contributed by atoms with Gasteiger partial charge in [-0.25, -0.2) is 10.5 Å². The SMILES string of the molecule is C/C(=N/NC(=O)c1n[nH]c(=O)c2ccccc12)c1cccc([N+](=O)[O-])c1. The minimum atomic E-state index is -0.609. The number of fused-ring (bicyclic) bond motifs is 1. The molecule has 0 bridgehead atoms. The largest absolute Gasteiger partial charge is 0.292 e. The maximum Gasteiger partial charge on any atom is 0.292 e. The molecule has 0 spiro atoms. The molecule has 130 valence electrons. The summed E-state index contributed by atoms with van der Waals surface area (Å²) in [6.45, 7) is 1.61. The smallest absolute Gasteiger partial charge is 0.267 e. The van der Waals surface area contributed by atoms with Gasteiger partial charge >= 0.3 is 0 Å². The molecule has 0 saturated heterocycles. The highest BCUT2D eigenvalue weighted by atomic mass is 16.6. The Morgan fingerprint density at radius 3 is 2.65 bits per heavy atom. The highest BCUT2D eigenvalue weighted by Crippen LogP contribution is 2.14. The van der Waals surface area contributed by atoms with E-state index in [4.69, 9.17) is 0 Å². The van der Waals surface area contributed by atoms with E-state index in [1.807, 2.05) is 0 Å². The summed E-state index contributed by atoms with van der Waals surface area (Å²) in [5, 5.41) is 21.6. The van der Waals surface area contributed by atoms with Crippen molar-refractivity contribution < 1.29 is 9.72 Å². The molecule has 3 aromatic rings. The molecule has 0 fully saturated rings. The third-order valence-electron chi connectivity index (χ3n) is 3.71. The lowest BCUT2D eigenvalue weighted by Crippen LogP contribution is -2.23. The van der Waals surface area contributed by atoms with Crippen molar-refractivity contribution >= 4 is 28.1 Å². The molecule has 2 aromatic carbocycles. The predicted octanol–water partition coefficient (Wildman–Crippen LogP) is 1.99. The van der Waals surface area contributed by atoms with Crippen molar-refractivity contribution in [2.75, 3.05) is 0 Å². The van der Waals surface area contributed by atoms with Crippen LogP contribution in [0.3, 0.4) is 0 Å². The lowest BCUT2D eigenvalue weighted by molar-refractivity contribution is -0.384. The van der Waals surface area contributed by atoms with Gasteiger partial charge in [0.15, 0.2) is 5.69 Å². The Morgan fingerprint density at radius 2 is 1.92 bits per heavy atom. The number of carbonyl (C=O) groups is 1. The molecule has 0 aliphatic heterocycles. The number of benzene rings is 2. The van der Waals surface area contributed by atoms with Crippen molar-refractivity contribution in [2.24, 2.45) is 5.10 Å². The van der Waals surface area contributed by atoms with Crippen LogP contribution in [-0.4, -0.2) is 26.7 Å². The van der Waals surface area contributed by atoms with E-state index in [0.29, 0.717) is 22.0 Å². The number of nitro groups is 1. The minimum absolute atomic E-state index is 0.0239. The Labute approximate surface area is 146 Å². The van der Waals surface area contributed by atoms with E-state index in [9.17, 15) is 19.7 Å². The second-order valence-corrected chi connectivity index (χ2v) is 5.39. The number of H-pyrrole nitrogens is 1. The van der Waals surface area contributed by atoms with E-state index < -0.39 is 16.4 Å². The van der Waals surface area contributed by atoms with Crippen molar-refractivity contribution in [1.29, 1.82) is 0 Å². The van der Waals surface area contributed by atoms with Crippen molar-refractivity contribution in [3.8, 4) is 0 Å². The van der Waals surface area contributed by atoms with Crippen LogP contribution in [-0.2, 0) is 0 Å². The lowest BCUT2D eigenvalue weighted by Gasteiger charge is -2.05. The number of non-ortho nitro benzene ring substituents is 1. The van der Waals surface area contributed by atoms with Crippen molar-refractivity contribution in [2.45, 2.75) is 6.92 Å². The van der Waals surface area contributed by atoms with Crippen LogP contribution in [0.1, 0.15) is 23.0 Å². The third-order valence-corrected chi connectivity index (χ3v) is 3.71. The molecule has 0 aliphatic carbocycles. The number of hydrazone groups is 1. The molecule has 0 unspecified atom stereocenters. The monoisotopic (exact) mass is 351 g/mol. The number of amides is 1. The third kappa shape index (κ3) is 3.31. The predicted molar refractivity (Wildman–Crippen MR) is 95.1 cm³/mol. The van der Waals surface area contributed by atoms with Gasteiger partial charge in [0.1, 0.15) is 0 Å². The van der Waals surface area contributed by atoms with Crippen LogP contribution in [0.15, 0.2) is 58.4 Å². The normalized spacial score (nSPS) is 11.3. The Kier molecular flexibility index (Phi) is 4.52. The molecule has 1 aromatic heterocycles. The number of nitrogens with one attached hydrogen (secondary N) is 2. The topological polar surface area (TPSA) is 130 Å². The molecule has 0 atom stereocenters. The maximum absolute atomic E-state index is 12.4. The number of aromatic nitrogens is 2. The van der Waals surface area contributed by atoms with Crippen LogP contribution in [0.4, 0.5) is 5.69 Å². The van der Waals surface area contributed by atoms with Gasteiger partial charge in [-0.3, -0.25) is 19.7 Å². The molecule has 0 aliphatic rings. The molecule has 1 amide bonds. The summed E-state index contributed by atoms with van der Waals surface area (Å²) >= 11 is 0. The van der Waals surface area contributed by atoms with Gasteiger partial charge in [-0.1, -0.05) is 30.3 Å². The zero-order valence-electron chi connectivity index (χ0n) is 13.6. The van der Waals surface area contributed by atoms with E-state index >= 15 is 0 Å². The Bertz CT molecular complexity index is 1100.